The summed E-state index contributed by atoms with van der Waals surface area (Å²) in [4.78, 5) is 15.3. The Bertz CT molecular complexity index is 905. The lowest BCUT2D eigenvalue weighted by Gasteiger charge is -2.37. The molecule has 2 aromatic rings. The molecule has 1 atom stereocenters. The van der Waals surface area contributed by atoms with Crippen molar-refractivity contribution >= 4 is 5.91 Å². The minimum Gasteiger partial charge on any atom is -0.341 e. The standard InChI is InChI=1S/C23H34N6O/c1-17-12-18(2)29(26-17)11-8-21(30)27-14-20(23(15-27)9-4-3-5-10-23)22-25-24-16-28(22)13-19-6-7-19/h12,16,19-20H,3-11,13-15H2,1-2H3. The molecule has 0 N–H and O–H groups in total. The second-order valence-corrected chi connectivity index (χ2v) is 9.93. The van der Waals surface area contributed by atoms with E-state index in [4.69, 9.17) is 0 Å². The lowest BCUT2D eigenvalue weighted by atomic mass is 9.67. The molecule has 0 bridgehead atoms. The molecule has 1 amide bonds. The van der Waals surface area contributed by atoms with Crippen molar-refractivity contribution in [3.05, 3.63) is 29.6 Å². The van der Waals surface area contributed by atoms with Gasteiger partial charge in [0.1, 0.15) is 12.2 Å². The molecule has 2 saturated carbocycles. The summed E-state index contributed by atoms with van der Waals surface area (Å²) < 4.78 is 4.26. The maximum atomic E-state index is 13.2. The number of likely N-dealkylation sites (tertiary alicyclic amines) is 1. The molecule has 0 aromatic carbocycles. The van der Waals surface area contributed by atoms with Gasteiger partial charge < -0.3 is 9.47 Å². The lowest BCUT2D eigenvalue weighted by Crippen LogP contribution is -2.35. The molecule has 1 unspecified atom stereocenters. The van der Waals surface area contributed by atoms with E-state index in [1.165, 1.54) is 44.9 Å². The van der Waals surface area contributed by atoms with E-state index in [2.05, 4.69) is 37.8 Å². The average molecular weight is 411 g/mol. The van der Waals surface area contributed by atoms with Crippen molar-refractivity contribution in [3.63, 3.8) is 0 Å². The van der Waals surface area contributed by atoms with E-state index >= 15 is 0 Å². The van der Waals surface area contributed by atoms with Crippen LogP contribution in [0.15, 0.2) is 12.4 Å². The van der Waals surface area contributed by atoms with Crippen LogP contribution in [0.1, 0.15) is 74.5 Å². The van der Waals surface area contributed by atoms with Crippen LogP contribution in [0.3, 0.4) is 0 Å². The van der Waals surface area contributed by atoms with E-state index in [0.717, 1.165) is 42.8 Å². The Morgan fingerprint density at radius 1 is 1.20 bits per heavy atom. The van der Waals surface area contributed by atoms with Crippen LogP contribution >= 0.6 is 0 Å². The molecule has 162 valence electrons. The number of hydrogen-bond donors (Lipinski definition) is 0. The Morgan fingerprint density at radius 2 is 2.00 bits per heavy atom. The van der Waals surface area contributed by atoms with Crippen LogP contribution in [0, 0.1) is 25.2 Å². The summed E-state index contributed by atoms with van der Waals surface area (Å²) >= 11 is 0. The molecule has 2 aromatic heterocycles. The molecule has 2 aliphatic carbocycles. The molecule has 7 heteroatoms. The van der Waals surface area contributed by atoms with Crippen LogP contribution in [0.25, 0.3) is 0 Å². The van der Waals surface area contributed by atoms with Crippen LogP contribution in [-0.4, -0.2) is 48.4 Å². The Labute approximate surface area is 178 Å². The van der Waals surface area contributed by atoms with Crippen LogP contribution < -0.4 is 0 Å². The number of rotatable bonds is 6. The Morgan fingerprint density at radius 3 is 2.70 bits per heavy atom. The number of nitrogens with zero attached hydrogens (tertiary/aromatic N) is 6. The smallest absolute Gasteiger partial charge is 0.224 e. The van der Waals surface area contributed by atoms with Crippen molar-refractivity contribution in [2.75, 3.05) is 13.1 Å². The molecule has 3 aliphatic rings. The lowest BCUT2D eigenvalue weighted by molar-refractivity contribution is -0.131. The van der Waals surface area contributed by atoms with Gasteiger partial charge in [-0.05, 0) is 56.9 Å². The van der Waals surface area contributed by atoms with Gasteiger partial charge >= 0.3 is 0 Å². The number of carbonyl (C=O) groups excluding carboxylic acids is 1. The summed E-state index contributed by atoms with van der Waals surface area (Å²) in [5, 5.41) is 13.4. The van der Waals surface area contributed by atoms with Crippen LogP contribution in [0.2, 0.25) is 0 Å². The highest BCUT2D eigenvalue weighted by Gasteiger charge is 2.50. The van der Waals surface area contributed by atoms with Gasteiger partial charge in [-0.3, -0.25) is 9.48 Å². The fraction of sp³-hybridized carbons (Fsp3) is 0.739. The van der Waals surface area contributed by atoms with Crippen LogP contribution in [0.5, 0.6) is 0 Å². The topological polar surface area (TPSA) is 68.8 Å². The third-order valence-corrected chi connectivity index (χ3v) is 7.60. The summed E-state index contributed by atoms with van der Waals surface area (Å²) in [6, 6.07) is 2.07. The highest BCUT2D eigenvalue weighted by molar-refractivity contribution is 5.76. The van der Waals surface area contributed by atoms with Gasteiger partial charge in [-0.25, -0.2) is 0 Å². The van der Waals surface area contributed by atoms with Gasteiger partial charge in [0, 0.05) is 44.2 Å². The third-order valence-electron chi connectivity index (χ3n) is 7.60. The molecule has 3 fully saturated rings. The zero-order chi connectivity index (χ0) is 20.7. The molecule has 30 heavy (non-hydrogen) atoms. The first-order chi connectivity index (χ1) is 14.5. The molecule has 0 radical (unpaired) electrons. The van der Waals surface area contributed by atoms with Crippen LogP contribution in [-0.2, 0) is 17.9 Å². The molecular formula is C23H34N6O. The average Bonchev–Trinajstić information content (AvgIpc) is 3.16. The van der Waals surface area contributed by atoms with Gasteiger partial charge in [-0.2, -0.15) is 5.10 Å². The fourth-order valence-corrected chi connectivity index (χ4v) is 5.79. The number of aromatic nitrogens is 5. The highest BCUT2D eigenvalue weighted by atomic mass is 16.2. The summed E-state index contributed by atoms with van der Waals surface area (Å²) in [6.07, 6.45) is 11.3. The van der Waals surface area contributed by atoms with Crippen molar-refractivity contribution in [2.45, 2.75) is 84.2 Å². The molecule has 1 aliphatic heterocycles. The van der Waals surface area contributed by atoms with Crippen molar-refractivity contribution in [1.29, 1.82) is 0 Å². The SMILES string of the molecule is Cc1cc(C)n(CCC(=O)N2CC(c3nncn3CC3CC3)C3(CCCCC3)C2)n1. The minimum atomic E-state index is 0.181. The van der Waals surface area contributed by atoms with E-state index in [9.17, 15) is 4.79 Å². The molecule has 5 rings (SSSR count). The first-order valence-corrected chi connectivity index (χ1v) is 11.7. The number of hydrogen-bond acceptors (Lipinski definition) is 4. The molecule has 1 spiro atoms. The quantitative estimate of drug-likeness (QED) is 0.731. The third kappa shape index (κ3) is 3.79. The van der Waals surface area contributed by atoms with E-state index in [0.29, 0.717) is 18.9 Å². The second kappa shape index (κ2) is 7.82. The first kappa shape index (κ1) is 19.8. The number of carbonyl (C=O) groups is 1. The number of amides is 1. The molecule has 7 nitrogen and oxygen atoms in total. The first-order valence-electron chi connectivity index (χ1n) is 11.7. The second-order valence-electron chi connectivity index (χ2n) is 9.93. The van der Waals surface area contributed by atoms with E-state index in [1.54, 1.807) is 0 Å². The van der Waals surface area contributed by atoms with Crippen LogP contribution in [0.4, 0.5) is 0 Å². The van der Waals surface area contributed by atoms with E-state index in [1.807, 2.05) is 17.9 Å². The van der Waals surface area contributed by atoms with Crippen molar-refractivity contribution in [2.24, 2.45) is 11.3 Å². The predicted octanol–water partition coefficient (Wildman–Crippen LogP) is 3.47. The zero-order valence-electron chi connectivity index (χ0n) is 18.4. The van der Waals surface area contributed by atoms with Gasteiger partial charge in [-0.1, -0.05) is 19.3 Å². The Hall–Kier alpha value is -2.18. The summed E-state index contributed by atoms with van der Waals surface area (Å²) in [6.45, 7) is 7.43. The van der Waals surface area contributed by atoms with E-state index < -0.39 is 0 Å². The maximum Gasteiger partial charge on any atom is 0.224 e. The summed E-state index contributed by atoms with van der Waals surface area (Å²) in [5.41, 5.74) is 2.31. The molecular weight excluding hydrogens is 376 g/mol. The number of aryl methyl sites for hydroxylation is 3. The monoisotopic (exact) mass is 410 g/mol. The van der Waals surface area contributed by atoms with Gasteiger partial charge in [0.15, 0.2) is 0 Å². The van der Waals surface area contributed by atoms with Gasteiger partial charge in [0.25, 0.3) is 0 Å². The maximum absolute atomic E-state index is 13.2. The fourth-order valence-electron chi connectivity index (χ4n) is 5.79. The molecule has 3 heterocycles. The van der Waals surface area contributed by atoms with Gasteiger partial charge in [-0.15, -0.1) is 10.2 Å². The van der Waals surface area contributed by atoms with E-state index in [-0.39, 0.29) is 11.3 Å². The minimum absolute atomic E-state index is 0.181. The largest absolute Gasteiger partial charge is 0.341 e. The Kier molecular flexibility index (Phi) is 5.15. The highest BCUT2D eigenvalue weighted by Crippen LogP contribution is 2.52. The van der Waals surface area contributed by atoms with Crippen molar-refractivity contribution < 1.29 is 4.79 Å². The summed E-state index contributed by atoms with van der Waals surface area (Å²) in [5.74, 6) is 2.49. The molecule has 1 saturated heterocycles. The predicted molar refractivity (Wildman–Crippen MR) is 114 cm³/mol. The Balaban J connectivity index is 1.33. The summed E-state index contributed by atoms with van der Waals surface area (Å²) in [7, 11) is 0. The van der Waals surface area contributed by atoms with Crippen molar-refractivity contribution in [1.82, 2.24) is 29.4 Å². The van der Waals surface area contributed by atoms with Crippen molar-refractivity contribution in [3.8, 4) is 0 Å². The van der Waals surface area contributed by atoms with Gasteiger partial charge in [0.2, 0.25) is 5.91 Å². The zero-order valence-corrected chi connectivity index (χ0v) is 18.4. The van der Waals surface area contributed by atoms with Gasteiger partial charge in [0.05, 0.1) is 5.69 Å². The normalized spacial score (nSPS) is 23.4.